The summed E-state index contributed by atoms with van der Waals surface area (Å²) in [6.45, 7) is 16.6. The Hall–Kier alpha value is -0.120. The van der Waals surface area contributed by atoms with E-state index in [1.54, 1.807) is 0 Å². The predicted octanol–water partition coefficient (Wildman–Crippen LogP) is 2.96. The molecule has 0 aromatic carbocycles. The minimum Gasteiger partial charge on any atom is -0.311 e. The van der Waals surface area contributed by atoms with Crippen molar-refractivity contribution in [3.8, 4) is 0 Å². The number of rotatable bonds is 4. The first kappa shape index (κ1) is 17.2. The summed E-state index contributed by atoms with van der Waals surface area (Å²) in [5.41, 5.74) is 0.751. The Morgan fingerprint density at radius 2 is 1.57 bits per heavy atom. The van der Waals surface area contributed by atoms with Gasteiger partial charge in [-0.2, -0.15) is 0 Å². The topological polar surface area (TPSA) is 18.5 Å². The van der Waals surface area contributed by atoms with Crippen LogP contribution >= 0.6 is 0 Å². The summed E-state index contributed by atoms with van der Waals surface area (Å²) in [5, 5.41) is 3.79. The van der Waals surface area contributed by atoms with Crippen LogP contribution in [0.5, 0.6) is 0 Å². The molecule has 2 aliphatic rings. The zero-order chi connectivity index (χ0) is 15.7. The lowest BCUT2D eigenvalue weighted by Gasteiger charge is -2.46. The third-order valence-electron chi connectivity index (χ3n) is 5.65. The first-order valence-corrected chi connectivity index (χ1v) is 8.90. The van der Waals surface area contributed by atoms with Gasteiger partial charge in [0.15, 0.2) is 0 Å². The van der Waals surface area contributed by atoms with Crippen molar-refractivity contribution in [2.45, 2.75) is 77.9 Å². The standard InChI is InChI=1S/C18H37N3/c1-15-11-21(12-16(2)20(15)6)14-18(9-7-8-10-18)13-19-17(3,4)5/h15-16,19H,7-14H2,1-6H3. The fourth-order valence-electron chi connectivity index (χ4n) is 4.09. The SMILES string of the molecule is CC1CN(CC2(CNC(C)(C)C)CCCC2)CC(C)N1C. The van der Waals surface area contributed by atoms with Crippen LogP contribution in [-0.4, -0.2) is 60.6 Å². The molecule has 0 radical (unpaired) electrons. The van der Waals surface area contributed by atoms with Crippen molar-refractivity contribution in [1.29, 1.82) is 0 Å². The van der Waals surface area contributed by atoms with Crippen LogP contribution in [0.4, 0.5) is 0 Å². The number of nitrogens with zero attached hydrogens (tertiary/aromatic N) is 2. The minimum atomic E-state index is 0.234. The van der Waals surface area contributed by atoms with Crippen LogP contribution in [-0.2, 0) is 0 Å². The molecule has 3 heteroatoms. The fraction of sp³-hybridized carbons (Fsp3) is 1.00. The van der Waals surface area contributed by atoms with Gasteiger partial charge in [-0.3, -0.25) is 9.80 Å². The molecule has 2 rings (SSSR count). The Balaban J connectivity index is 1.96. The molecule has 124 valence electrons. The average Bonchev–Trinajstić information content (AvgIpc) is 2.82. The van der Waals surface area contributed by atoms with E-state index in [4.69, 9.17) is 0 Å². The van der Waals surface area contributed by atoms with E-state index in [0.29, 0.717) is 17.5 Å². The smallest absolute Gasteiger partial charge is 0.0195 e. The molecule has 0 spiro atoms. The van der Waals surface area contributed by atoms with E-state index in [-0.39, 0.29) is 5.54 Å². The van der Waals surface area contributed by atoms with Gasteiger partial charge in [0.25, 0.3) is 0 Å². The Labute approximate surface area is 132 Å². The maximum absolute atomic E-state index is 3.79. The van der Waals surface area contributed by atoms with Crippen LogP contribution in [0.3, 0.4) is 0 Å². The van der Waals surface area contributed by atoms with Crippen molar-refractivity contribution in [3.63, 3.8) is 0 Å². The second-order valence-electron chi connectivity index (χ2n) is 8.87. The van der Waals surface area contributed by atoms with Gasteiger partial charge in [0.1, 0.15) is 0 Å². The van der Waals surface area contributed by atoms with Gasteiger partial charge in [-0.05, 0) is 59.9 Å². The highest BCUT2D eigenvalue weighted by Gasteiger charge is 2.38. The van der Waals surface area contributed by atoms with E-state index in [0.717, 1.165) is 0 Å². The summed E-state index contributed by atoms with van der Waals surface area (Å²) in [6, 6.07) is 1.37. The molecule has 1 aliphatic heterocycles. The van der Waals surface area contributed by atoms with Gasteiger partial charge in [-0.1, -0.05) is 12.8 Å². The second kappa shape index (κ2) is 6.55. The molecule has 2 fully saturated rings. The first-order valence-electron chi connectivity index (χ1n) is 8.90. The van der Waals surface area contributed by atoms with Crippen LogP contribution in [0, 0.1) is 5.41 Å². The van der Waals surface area contributed by atoms with Crippen molar-refractivity contribution in [2.75, 3.05) is 33.2 Å². The number of hydrogen-bond acceptors (Lipinski definition) is 3. The van der Waals surface area contributed by atoms with Crippen molar-refractivity contribution >= 4 is 0 Å². The monoisotopic (exact) mass is 295 g/mol. The number of piperazine rings is 1. The number of nitrogens with one attached hydrogen (secondary N) is 1. The quantitative estimate of drug-likeness (QED) is 0.860. The van der Waals surface area contributed by atoms with Gasteiger partial charge in [-0.25, -0.2) is 0 Å². The molecule has 21 heavy (non-hydrogen) atoms. The Kier molecular flexibility index (Phi) is 5.38. The molecule has 1 saturated carbocycles. The molecular formula is C18H37N3. The predicted molar refractivity (Wildman–Crippen MR) is 91.8 cm³/mol. The zero-order valence-electron chi connectivity index (χ0n) is 15.2. The molecule has 0 amide bonds. The highest BCUT2D eigenvalue weighted by molar-refractivity contribution is 4.94. The molecular weight excluding hydrogens is 258 g/mol. The third-order valence-corrected chi connectivity index (χ3v) is 5.65. The summed E-state index contributed by atoms with van der Waals surface area (Å²) in [4.78, 5) is 5.27. The normalized spacial score (nSPS) is 31.7. The Morgan fingerprint density at radius 3 is 2.05 bits per heavy atom. The highest BCUT2D eigenvalue weighted by Crippen LogP contribution is 2.39. The lowest BCUT2D eigenvalue weighted by molar-refractivity contribution is 0.0305. The van der Waals surface area contributed by atoms with E-state index < -0.39 is 0 Å². The number of likely N-dealkylation sites (N-methyl/N-ethyl adjacent to an activating group) is 1. The minimum absolute atomic E-state index is 0.234. The zero-order valence-corrected chi connectivity index (χ0v) is 15.2. The van der Waals surface area contributed by atoms with Gasteiger partial charge in [0.05, 0.1) is 0 Å². The molecule has 2 atom stereocenters. The van der Waals surface area contributed by atoms with E-state index in [1.807, 2.05) is 0 Å². The summed E-state index contributed by atoms with van der Waals surface area (Å²) >= 11 is 0. The maximum atomic E-state index is 3.79. The Bertz CT molecular complexity index is 316. The molecule has 0 aromatic rings. The van der Waals surface area contributed by atoms with Crippen molar-refractivity contribution in [1.82, 2.24) is 15.1 Å². The molecule has 3 nitrogen and oxygen atoms in total. The molecule has 1 N–H and O–H groups in total. The molecule has 1 aliphatic carbocycles. The van der Waals surface area contributed by atoms with Crippen molar-refractivity contribution < 1.29 is 0 Å². The van der Waals surface area contributed by atoms with Gasteiger partial charge < -0.3 is 5.32 Å². The van der Waals surface area contributed by atoms with E-state index in [1.165, 1.54) is 51.9 Å². The molecule has 1 heterocycles. The molecule has 0 bridgehead atoms. The highest BCUT2D eigenvalue weighted by atomic mass is 15.3. The maximum Gasteiger partial charge on any atom is 0.0195 e. The summed E-state index contributed by atoms with van der Waals surface area (Å²) in [5.74, 6) is 0. The van der Waals surface area contributed by atoms with Crippen molar-refractivity contribution in [3.05, 3.63) is 0 Å². The largest absolute Gasteiger partial charge is 0.311 e. The van der Waals surface area contributed by atoms with Gasteiger partial charge >= 0.3 is 0 Å². The lowest BCUT2D eigenvalue weighted by Crippen LogP contribution is -2.58. The van der Waals surface area contributed by atoms with Crippen molar-refractivity contribution in [2.24, 2.45) is 5.41 Å². The van der Waals surface area contributed by atoms with Gasteiger partial charge in [0, 0.05) is 43.8 Å². The van der Waals surface area contributed by atoms with Crippen LogP contribution in [0.1, 0.15) is 60.3 Å². The number of hydrogen-bond donors (Lipinski definition) is 1. The van der Waals surface area contributed by atoms with E-state index in [9.17, 15) is 0 Å². The average molecular weight is 296 g/mol. The molecule has 1 saturated heterocycles. The third kappa shape index (κ3) is 4.67. The van der Waals surface area contributed by atoms with Gasteiger partial charge in [0.2, 0.25) is 0 Å². The van der Waals surface area contributed by atoms with E-state index in [2.05, 4.69) is 56.8 Å². The molecule has 0 aromatic heterocycles. The summed E-state index contributed by atoms with van der Waals surface area (Å²) in [6.07, 6.45) is 5.66. The van der Waals surface area contributed by atoms with E-state index >= 15 is 0 Å². The summed E-state index contributed by atoms with van der Waals surface area (Å²) < 4.78 is 0. The summed E-state index contributed by atoms with van der Waals surface area (Å²) in [7, 11) is 2.28. The van der Waals surface area contributed by atoms with Crippen LogP contribution in [0.2, 0.25) is 0 Å². The van der Waals surface area contributed by atoms with Crippen LogP contribution in [0.15, 0.2) is 0 Å². The van der Waals surface area contributed by atoms with Gasteiger partial charge in [-0.15, -0.1) is 0 Å². The Morgan fingerprint density at radius 1 is 1.05 bits per heavy atom. The van der Waals surface area contributed by atoms with Crippen LogP contribution in [0.25, 0.3) is 0 Å². The first-order chi connectivity index (χ1) is 9.71. The second-order valence-corrected chi connectivity index (χ2v) is 8.87. The lowest BCUT2D eigenvalue weighted by atomic mass is 9.84. The molecule has 2 unspecified atom stereocenters. The fourth-order valence-corrected chi connectivity index (χ4v) is 4.09. The van der Waals surface area contributed by atoms with Crippen LogP contribution < -0.4 is 5.32 Å².